The van der Waals surface area contributed by atoms with E-state index >= 15 is 0 Å². The first-order valence-corrected chi connectivity index (χ1v) is 5.89. The predicted octanol–water partition coefficient (Wildman–Crippen LogP) is 1.09. The Bertz CT molecular complexity index is 406. The predicted molar refractivity (Wildman–Crippen MR) is 66.1 cm³/mol. The van der Waals surface area contributed by atoms with Crippen LogP contribution >= 0.6 is 0 Å². The molecule has 1 aromatic carbocycles. The van der Waals surface area contributed by atoms with E-state index in [0.29, 0.717) is 13.2 Å². The molecular formula is C13H17F2NO3. The van der Waals surface area contributed by atoms with Crippen molar-refractivity contribution in [2.75, 3.05) is 40.0 Å². The molecule has 0 heterocycles. The molecule has 0 saturated heterocycles. The van der Waals surface area contributed by atoms with E-state index in [2.05, 4.69) is 0 Å². The molecule has 0 fully saturated rings. The number of methoxy groups -OCH3 is 1. The highest BCUT2D eigenvalue weighted by Gasteiger charge is 2.19. The molecule has 1 aromatic rings. The van der Waals surface area contributed by atoms with Gasteiger partial charge in [0.05, 0.1) is 25.3 Å². The Morgan fingerprint density at radius 2 is 1.95 bits per heavy atom. The molecule has 4 nitrogen and oxygen atoms in total. The molecule has 19 heavy (non-hydrogen) atoms. The van der Waals surface area contributed by atoms with Crippen LogP contribution in [0.4, 0.5) is 8.78 Å². The molecule has 1 N–H and O–H groups in total. The SMILES string of the molecule is COCCN(CCO)CC(=O)c1c(F)cccc1F. The molecule has 0 aliphatic heterocycles. The molecule has 0 unspecified atom stereocenters. The average molecular weight is 273 g/mol. The smallest absolute Gasteiger partial charge is 0.182 e. The van der Waals surface area contributed by atoms with Crippen LogP contribution in [0.15, 0.2) is 18.2 Å². The highest BCUT2D eigenvalue weighted by atomic mass is 19.1. The second-order valence-corrected chi connectivity index (χ2v) is 4.01. The summed E-state index contributed by atoms with van der Waals surface area (Å²) in [4.78, 5) is 13.5. The van der Waals surface area contributed by atoms with E-state index in [1.807, 2.05) is 0 Å². The van der Waals surface area contributed by atoms with E-state index in [1.54, 1.807) is 4.90 Å². The topological polar surface area (TPSA) is 49.8 Å². The van der Waals surface area contributed by atoms with Gasteiger partial charge in [0, 0.05) is 20.2 Å². The lowest BCUT2D eigenvalue weighted by atomic mass is 10.1. The van der Waals surface area contributed by atoms with Gasteiger partial charge in [0.15, 0.2) is 5.78 Å². The zero-order valence-corrected chi connectivity index (χ0v) is 10.7. The number of halogens is 2. The van der Waals surface area contributed by atoms with Gasteiger partial charge in [0.1, 0.15) is 11.6 Å². The molecule has 0 spiro atoms. The van der Waals surface area contributed by atoms with Crippen LogP contribution in [0.2, 0.25) is 0 Å². The number of ketones is 1. The van der Waals surface area contributed by atoms with E-state index in [1.165, 1.54) is 13.2 Å². The van der Waals surface area contributed by atoms with Crippen LogP contribution in [0, 0.1) is 11.6 Å². The fraction of sp³-hybridized carbons (Fsp3) is 0.462. The Kier molecular flexibility index (Phi) is 6.55. The van der Waals surface area contributed by atoms with Gasteiger partial charge in [-0.3, -0.25) is 9.69 Å². The summed E-state index contributed by atoms with van der Waals surface area (Å²) in [5.74, 6) is -2.40. The van der Waals surface area contributed by atoms with Crippen LogP contribution in [-0.2, 0) is 4.74 Å². The highest BCUT2D eigenvalue weighted by molar-refractivity contribution is 5.98. The molecule has 0 bridgehead atoms. The summed E-state index contributed by atoms with van der Waals surface area (Å²) in [6.07, 6.45) is 0. The number of nitrogens with zero attached hydrogens (tertiary/aromatic N) is 1. The Hall–Kier alpha value is -1.37. The Labute approximate surface area is 110 Å². The van der Waals surface area contributed by atoms with Gasteiger partial charge in [-0.05, 0) is 12.1 Å². The largest absolute Gasteiger partial charge is 0.395 e. The number of benzene rings is 1. The number of hydrogen-bond acceptors (Lipinski definition) is 4. The average Bonchev–Trinajstić information content (AvgIpc) is 2.36. The maximum Gasteiger partial charge on any atom is 0.182 e. The van der Waals surface area contributed by atoms with Gasteiger partial charge in [-0.1, -0.05) is 6.07 Å². The van der Waals surface area contributed by atoms with Crippen molar-refractivity contribution in [3.63, 3.8) is 0 Å². The summed E-state index contributed by atoms with van der Waals surface area (Å²) in [6, 6.07) is 3.29. The Morgan fingerprint density at radius 1 is 1.32 bits per heavy atom. The van der Waals surface area contributed by atoms with E-state index < -0.39 is 23.0 Å². The standard InChI is InChI=1S/C13H17F2NO3/c1-19-8-6-16(5-7-17)9-12(18)13-10(14)3-2-4-11(13)15/h2-4,17H,5-9H2,1H3. The van der Waals surface area contributed by atoms with Gasteiger partial charge in [-0.25, -0.2) is 8.78 Å². The summed E-state index contributed by atoms with van der Waals surface area (Å²) in [5, 5.41) is 8.89. The van der Waals surface area contributed by atoms with Gasteiger partial charge in [-0.2, -0.15) is 0 Å². The maximum absolute atomic E-state index is 13.4. The number of Topliss-reactive ketones (excluding diaryl/α,β-unsaturated/α-hetero) is 1. The van der Waals surface area contributed by atoms with Crippen molar-refractivity contribution in [1.82, 2.24) is 4.90 Å². The summed E-state index contributed by atoms with van der Waals surface area (Å²) < 4.78 is 31.7. The summed E-state index contributed by atoms with van der Waals surface area (Å²) >= 11 is 0. The van der Waals surface area contributed by atoms with Gasteiger partial charge in [0.2, 0.25) is 0 Å². The number of carbonyl (C=O) groups excluding carboxylic acids is 1. The highest BCUT2D eigenvalue weighted by Crippen LogP contribution is 2.13. The first kappa shape index (κ1) is 15.7. The van der Waals surface area contributed by atoms with E-state index in [0.717, 1.165) is 12.1 Å². The molecule has 0 saturated carbocycles. The molecule has 0 radical (unpaired) electrons. The first-order valence-electron chi connectivity index (χ1n) is 5.89. The lowest BCUT2D eigenvalue weighted by Gasteiger charge is -2.20. The number of hydrogen-bond donors (Lipinski definition) is 1. The molecule has 6 heteroatoms. The molecule has 106 valence electrons. The van der Waals surface area contributed by atoms with Gasteiger partial charge in [-0.15, -0.1) is 0 Å². The number of aliphatic hydroxyl groups is 1. The minimum atomic E-state index is -0.874. The van der Waals surface area contributed by atoms with Crippen molar-refractivity contribution in [1.29, 1.82) is 0 Å². The monoisotopic (exact) mass is 273 g/mol. The first-order chi connectivity index (χ1) is 9.10. The van der Waals surface area contributed by atoms with Gasteiger partial charge < -0.3 is 9.84 Å². The molecule has 0 aliphatic rings. The molecule has 0 amide bonds. The second-order valence-electron chi connectivity index (χ2n) is 4.01. The van der Waals surface area contributed by atoms with Crippen LogP contribution in [0.1, 0.15) is 10.4 Å². The van der Waals surface area contributed by atoms with Crippen molar-refractivity contribution < 1.29 is 23.4 Å². The minimum Gasteiger partial charge on any atom is -0.395 e. The van der Waals surface area contributed by atoms with Crippen LogP contribution < -0.4 is 0 Å². The van der Waals surface area contributed by atoms with E-state index in [4.69, 9.17) is 9.84 Å². The lowest BCUT2D eigenvalue weighted by molar-refractivity contribution is 0.0861. The fourth-order valence-electron chi connectivity index (χ4n) is 1.68. The lowest BCUT2D eigenvalue weighted by Crippen LogP contribution is -2.35. The zero-order chi connectivity index (χ0) is 14.3. The van der Waals surface area contributed by atoms with Crippen LogP contribution in [0.5, 0.6) is 0 Å². The number of rotatable bonds is 8. The number of carbonyl (C=O) groups is 1. The third-order valence-corrected chi connectivity index (χ3v) is 2.64. The normalized spacial score (nSPS) is 11.0. The van der Waals surface area contributed by atoms with Crippen LogP contribution in [-0.4, -0.2) is 55.7 Å². The summed E-state index contributed by atoms with van der Waals surface area (Å²) in [7, 11) is 1.51. The molecular weight excluding hydrogens is 256 g/mol. The van der Waals surface area contributed by atoms with Crippen molar-refractivity contribution in [2.45, 2.75) is 0 Å². The molecule has 1 rings (SSSR count). The summed E-state index contributed by atoms with van der Waals surface area (Å²) in [6.45, 7) is 0.704. The van der Waals surface area contributed by atoms with Crippen molar-refractivity contribution in [2.24, 2.45) is 0 Å². The fourth-order valence-corrected chi connectivity index (χ4v) is 1.68. The maximum atomic E-state index is 13.4. The second kappa shape index (κ2) is 7.93. The van der Waals surface area contributed by atoms with Crippen LogP contribution in [0.25, 0.3) is 0 Å². The Morgan fingerprint density at radius 3 is 2.47 bits per heavy atom. The molecule has 0 atom stereocenters. The number of ether oxygens (including phenoxy) is 1. The number of aliphatic hydroxyl groups excluding tert-OH is 1. The summed E-state index contributed by atoms with van der Waals surface area (Å²) in [5.41, 5.74) is -0.539. The third kappa shape index (κ3) is 4.66. The van der Waals surface area contributed by atoms with Crippen molar-refractivity contribution in [3.05, 3.63) is 35.4 Å². The van der Waals surface area contributed by atoms with Crippen LogP contribution in [0.3, 0.4) is 0 Å². The van der Waals surface area contributed by atoms with Gasteiger partial charge in [0.25, 0.3) is 0 Å². The van der Waals surface area contributed by atoms with E-state index in [9.17, 15) is 13.6 Å². The zero-order valence-electron chi connectivity index (χ0n) is 10.7. The quantitative estimate of drug-likeness (QED) is 0.720. The third-order valence-electron chi connectivity index (χ3n) is 2.64. The van der Waals surface area contributed by atoms with Crippen molar-refractivity contribution in [3.8, 4) is 0 Å². The molecule has 0 aromatic heterocycles. The minimum absolute atomic E-state index is 0.142. The van der Waals surface area contributed by atoms with Crippen molar-refractivity contribution >= 4 is 5.78 Å². The van der Waals surface area contributed by atoms with Gasteiger partial charge >= 0.3 is 0 Å². The van der Waals surface area contributed by atoms with E-state index in [-0.39, 0.29) is 19.7 Å². The Balaban J connectivity index is 2.75. The molecule has 0 aliphatic carbocycles.